The highest BCUT2D eigenvalue weighted by Crippen LogP contribution is 2.63. The van der Waals surface area contributed by atoms with Gasteiger partial charge in [0.2, 0.25) is 0 Å². The Kier molecular flexibility index (Phi) is 8.33. The fraction of sp³-hybridized carbons (Fsp3) is 0.158. The monoisotopic (exact) mass is 745 g/mol. The van der Waals surface area contributed by atoms with Crippen LogP contribution in [0.5, 0.6) is 0 Å². The van der Waals surface area contributed by atoms with E-state index < -0.39 is 5.41 Å². The lowest BCUT2D eigenvalue weighted by atomic mass is 9.70. The molecule has 1 spiro atoms. The molecular formula is C57H47N. The van der Waals surface area contributed by atoms with Gasteiger partial charge in [-0.1, -0.05) is 176 Å². The maximum Gasteiger partial charge on any atom is 0.0726 e. The third-order valence-electron chi connectivity index (χ3n) is 13.4. The van der Waals surface area contributed by atoms with E-state index in [0.29, 0.717) is 5.92 Å². The van der Waals surface area contributed by atoms with Gasteiger partial charge >= 0.3 is 0 Å². The molecule has 0 unspecified atom stereocenters. The summed E-state index contributed by atoms with van der Waals surface area (Å²) in [4.78, 5) is 2.48. The van der Waals surface area contributed by atoms with Crippen LogP contribution in [-0.4, -0.2) is 0 Å². The van der Waals surface area contributed by atoms with Crippen LogP contribution in [-0.2, 0) is 5.41 Å². The molecule has 0 amide bonds. The van der Waals surface area contributed by atoms with Gasteiger partial charge in [-0.15, -0.1) is 0 Å². The maximum absolute atomic E-state index is 2.52. The molecule has 0 bridgehead atoms. The standard InChI is InChI=1S/C57H47N/c1-38-21-32-50-51-33-22-39(2)36-55(51)57(54(50)35-38)53-20-12-11-19-49(53)52-34-31-46(37-56(52)57)58(44-27-23-41(24-28-44)40-13-5-3-6-14-40)45-29-25-43(26-30-45)48-18-10-9-17-47(48)42-15-7-4-8-16-42/h4,7-12,15-37,40H,3,5-6,13-14H2,1-2H3. The Balaban J connectivity index is 1.10. The van der Waals surface area contributed by atoms with Crippen molar-refractivity contribution in [3.8, 4) is 44.5 Å². The van der Waals surface area contributed by atoms with Crippen LogP contribution in [0.2, 0.25) is 0 Å². The number of hydrogen-bond donors (Lipinski definition) is 0. The van der Waals surface area contributed by atoms with Gasteiger partial charge in [0.05, 0.1) is 5.41 Å². The van der Waals surface area contributed by atoms with Crippen LogP contribution in [0.15, 0.2) is 182 Å². The summed E-state index contributed by atoms with van der Waals surface area (Å²) >= 11 is 0. The molecule has 0 aliphatic heterocycles. The molecule has 280 valence electrons. The molecule has 1 nitrogen and oxygen atoms in total. The molecule has 1 heteroatoms. The summed E-state index contributed by atoms with van der Waals surface area (Å²) < 4.78 is 0. The van der Waals surface area contributed by atoms with E-state index in [9.17, 15) is 0 Å². The largest absolute Gasteiger partial charge is 0.310 e. The minimum absolute atomic E-state index is 0.411. The third kappa shape index (κ3) is 5.44. The van der Waals surface area contributed by atoms with Crippen LogP contribution in [0.4, 0.5) is 17.1 Å². The van der Waals surface area contributed by atoms with E-state index in [-0.39, 0.29) is 0 Å². The van der Waals surface area contributed by atoms with Crippen LogP contribution in [0.1, 0.15) is 77.0 Å². The Morgan fingerprint density at radius 2 is 0.845 bits per heavy atom. The molecule has 0 aromatic heterocycles. The van der Waals surface area contributed by atoms with E-state index >= 15 is 0 Å². The van der Waals surface area contributed by atoms with Crippen LogP contribution in [0.25, 0.3) is 44.5 Å². The summed E-state index contributed by atoms with van der Waals surface area (Å²) in [5.74, 6) is 0.660. The van der Waals surface area contributed by atoms with Gasteiger partial charge in [-0.05, 0) is 141 Å². The predicted octanol–water partition coefficient (Wildman–Crippen LogP) is 15.5. The molecule has 3 aliphatic rings. The van der Waals surface area contributed by atoms with Crippen molar-refractivity contribution in [3.05, 3.63) is 221 Å². The van der Waals surface area contributed by atoms with Crippen molar-refractivity contribution in [2.45, 2.75) is 57.3 Å². The lowest BCUT2D eigenvalue weighted by molar-refractivity contribution is 0.443. The summed E-state index contributed by atoms with van der Waals surface area (Å²) in [6, 6.07) is 68.9. The molecule has 0 radical (unpaired) electrons. The molecule has 0 saturated heterocycles. The molecule has 8 aromatic carbocycles. The summed E-state index contributed by atoms with van der Waals surface area (Å²) in [6.07, 6.45) is 6.63. The van der Waals surface area contributed by atoms with Gasteiger partial charge < -0.3 is 4.90 Å². The Hall–Kier alpha value is -6.44. The van der Waals surface area contributed by atoms with Crippen molar-refractivity contribution >= 4 is 17.1 Å². The normalized spacial score (nSPS) is 14.8. The Labute approximate surface area is 343 Å². The molecular weight excluding hydrogens is 699 g/mol. The molecule has 58 heavy (non-hydrogen) atoms. The van der Waals surface area contributed by atoms with Crippen LogP contribution in [0.3, 0.4) is 0 Å². The molecule has 0 atom stereocenters. The van der Waals surface area contributed by atoms with Gasteiger partial charge in [0, 0.05) is 17.1 Å². The van der Waals surface area contributed by atoms with Crippen molar-refractivity contribution in [1.29, 1.82) is 0 Å². The van der Waals surface area contributed by atoms with Crippen molar-refractivity contribution in [1.82, 2.24) is 0 Å². The summed E-state index contributed by atoms with van der Waals surface area (Å²) in [7, 11) is 0. The second-order valence-electron chi connectivity index (χ2n) is 16.8. The van der Waals surface area contributed by atoms with E-state index in [2.05, 4.69) is 201 Å². The van der Waals surface area contributed by atoms with Gasteiger partial charge in [-0.2, -0.15) is 0 Å². The highest BCUT2D eigenvalue weighted by molar-refractivity contribution is 5.96. The first-order chi connectivity index (χ1) is 28.6. The SMILES string of the molecule is Cc1ccc2c(c1)C1(c3ccccc3-c3ccc(N(c4ccc(-c5ccccc5-c5ccccc5)cc4)c4ccc(C5CCCCC5)cc4)cc31)c1cc(C)ccc1-2. The van der Waals surface area contributed by atoms with E-state index in [1.165, 1.54) is 127 Å². The number of rotatable bonds is 6. The second-order valence-corrected chi connectivity index (χ2v) is 16.8. The summed E-state index contributed by atoms with van der Waals surface area (Å²) in [5.41, 5.74) is 22.9. The van der Waals surface area contributed by atoms with Crippen molar-refractivity contribution in [2.75, 3.05) is 4.90 Å². The lowest BCUT2D eigenvalue weighted by Crippen LogP contribution is -2.26. The maximum atomic E-state index is 2.52. The smallest absolute Gasteiger partial charge is 0.0726 e. The Morgan fingerprint density at radius 1 is 0.379 bits per heavy atom. The van der Waals surface area contributed by atoms with Crippen LogP contribution in [0, 0.1) is 13.8 Å². The zero-order chi connectivity index (χ0) is 38.8. The number of nitrogens with zero attached hydrogens (tertiary/aromatic N) is 1. The van der Waals surface area contributed by atoms with Gasteiger partial charge in [0.15, 0.2) is 0 Å². The number of benzene rings is 8. The second kappa shape index (κ2) is 13.9. The average molecular weight is 746 g/mol. The third-order valence-corrected chi connectivity index (χ3v) is 13.4. The fourth-order valence-electron chi connectivity index (χ4n) is 10.7. The predicted molar refractivity (Wildman–Crippen MR) is 244 cm³/mol. The first-order valence-corrected chi connectivity index (χ1v) is 21.2. The highest BCUT2D eigenvalue weighted by Gasteiger charge is 2.52. The molecule has 8 aromatic rings. The number of aryl methyl sites for hydroxylation is 2. The van der Waals surface area contributed by atoms with E-state index in [0.717, 1.165) is 5.69 Å². The molecule has 1 fully saturated rings. The zero-order valence-corrected chi connectivity index (χ0v) is 33.4. The minimum Gasteiger partial charge on any atom is -0.310 e. The van der Waals surface area contributed by atoms with Gasteiger partial charge in [0.25, 0.3) is 0 Å². The van der Waals surface area contributed by atoms with Gasteiger partial charge in [-0.3, -0.25) is 0 Å². The Bertz CT molecular complexity index is 2770. The molecule has 3 aliphatic carbocycles. The zero-order valence-electron chi connectivity index (χ0n) is 33.4. The first kappa shape index (κ1) is 34.8. The summed E-state index contributed by atoms with van der Waals surface area (Å²) in [5, 5.41) is 0. The number of anilines is 3. The molecule has 11 rings (SSSR count). The van der Waals surface area contributed by atoms with Crippen molar-refractivity contribution < 1.29 is 0 Å². The van der Waals surface area contributed by atoms with Gasteiger partial charge in [0.1, 0.15) is 0 Å². The van der Waals surface area contributed by atoms with E-state index in [4.69, 9.17) is 0 Å². The van der Waals surface area contributed by atoms with Crippen molar-refractivity contribution in [3.63, 3.8) is 0 Å². The molecule has 0 heterocycles. The minimum atomic E-state index is -0.411. The van der Waals surface area contributed by atoms with E-state index in [1.807, 2.05) is 0 Å². The first-order valence-electron chi connectivity index (χ1n) is 21.2. The van der Waals surface area contributed by atoms with Crippen LogP contribution < -0.4 is 4.90 Å². The van der Waals surface area contributed by atoms with Crippen molar-refractivity contribution in [2.24, 2.45) is 0 Å². The Morgan fingerprint density at radius 3 is 1.47 bits per heavy atom. The molecule has 0 N–H and O–H groups in total. The van der Waals surface area contributed by atoms with Crippen LogP contribution >= 0.6 is 0 Å². The average Bonchev–Trinajstić information content (AvgIpc) is 3.73. The number of fused-ring (bicyclic) bond motifs is 10. The highest BCUT2D eigenvalue weighted by atomic mass is 15.1. The number of hydrogen-bond acceptors (Lipinski definition) is 1. The van der Waals surface area contributed by atoms with E-state index in [1.54, 1.807) is 0 Å². The molecule has 1 saturated carbocycles. The van der Waals surface area contributed by atoms with Gasteiger partial charge in [-0.25, -0.2) is 0 Å². The fourth-order valence-corrected chi connectivity index (χ4v) is 10.7. The lowest BCUT2D eigenvalue weighted by Gasteiger charge is -2.32. The summed E-state index contributed by atoms with van der Waals surface area (Å²) in [6.45, 7) is 4.47. The topological polar surface area (TPSA) is 3.24 Å². The quantitative estimate of drug-likeness (QED) is 0.164.